The number of nitrogens with two attached hydrogens (primary N) is 1. The molecule has 12 heteroatoms. The van der Waals surface area contributed by atoms with Crippen LogP contribution >= 0.6 is 0 Å². The van der Waals surface area contributed by atoms with Gasteiger partial charge in [-0.1, -0.05) is 6.92 Å². The first-order chi connectivity index (χ1) is 23.8. The first-order valence-electron chi connectivity index (χ1n) is 16.7. The summed E-state index contributed by atoms with van der Waals surface area (Å²) in [7, 11) is 0. The molecule has 6 heterocycles. The molecule has 0 saturated heterocycles. The summed E-state index contributed by atoms with van der Waals surface area (Å²) in [5, 5.41) is 5.44. The molecule has 3 aromatic heterocycles. The molecule has 0 bridgehead atoms. The molecule has 3 aliphatic rings. The van der Waals surface area contributed by atoms with E-state index in [9.17, 15) is 19.2 Å². The Morgan fingerprint density at radius 2 is 1.04 bits per heavy atom. The molecule has 6 N–H and O–H groups in total. The lowest BCUT2D eigenvalue weighted by atomic mass is 10.1. The smallest absolute Gasteiger partial charge is 0.274 e. The van der Waals surface area contributed by atoms with E-state index < -0.39 is 0 Å². The van der Waals surface area contributed by atoms with Crippen LogP contribution in [0.4, 0.5) is 17.1 Å². The Kier molecular flexibility index (Phi) is 6.47. The molecule has 3 aliphatic heterocycles. The van der Waals surface area contributed by atoms with E-state index in [-0.39, 0.29) is 30.3 Å². The zero-order valence-corrected chi connectivity index (χ0v) is 26.9. The number of H-pyrrole nitrogens is 3. The molecule has 0 unspecified atom stereocenters. The number of hydrogen-bond donors (Lipinski definition) is 5. The minimum atomic E-state index is -0.272. The van der Waals surface area contributed by atoms with E-state index in [1.807, 2.05) is 71.3 Å². The number of nitrogens with one attached hydrogen (secondary N) is 4. The van der Waals surface area contributed by atoms with Crippen molar-refractivity contribution in [3.63, 3.8) is 0 Å². The fourth-order valence-electron chi connectivity index (χ4n) is 8.04. The number of benzene rings is 3. The van der Waals surface area contributed by atoms with Gasteiger partial charge in [0.15, 0.2) is 0 Å². The summed E-state index contributed by atoms with van der Waals surface area (Å²) >= 11 is 0. The Morgan fingerprint density at radius 3 is 1.49 bits per heavy atom. The van der Waals surface area contributed by atoms with Crippen molar-refractivity contribution < 1.29 is 19.2 Å². The first kappa shape index (κ1) is 29.3. The van der Waals surface area contributed by atoms with Crippen molar-refractivity contribution in [2.75, 3.05) is 41.0 Å². The van der Waals surface area contributed by atoms with Crippen LogP contribution in [0.3, 0.4) is 0 Å². The highest BCUT2D eigenvalue weighted by Crippen LogP contribution is 2.40. The number of carbonyl (C=O) groups excluding carboxylic acids is 4. The normalized spacial score (nSPS) is 15.0. The van der Waals surface area contributed by atoms with Crippen LogP contribution in [0.5, 0.6) is 0 Å². The molecule has 0 atom stereocenters. The number of rotatable bonds is 5. The van der Waals surface area contributed by atoms with Crippen molar-refractivity contribution in [2.24, 2.45) is 5.73 Å². The van der Waals surface area contributed by atoms with Gasteiger partial charge in [0.05, 0.1) is 6.67 Å². The average Bonchev–Trinajstić information content (AvgIpc) is 3.94. The average molecular weight is 655 g/mol. The summed E-state index contributed by atoms with van der Waals surface area (Å²) in [5.41, 5.74) is 15.2. The summed E-state index contributed by atoms with van der Waals surface area (Å²) in [6, 6.07) is 17.3. The van der Waals surface area contributed by atoms with E-state index in [2.05, 4.69) is 20.3 Å². The number of nitrogens with zero attached hydrogens (tertiary/aromatic N) is 3. The van der Waals surface area contributed by atoms with E-state index >= 15 is 0 Å². The molecule has 0 spiro atoms. The van der Waals surface area contributed by atoms with E-state index in [1.165, 1.54) is 0 Å². The topological polar surface area (TPSA) is 163 Å². The van der Waals surface area contributed by atoms with Crippen LogP contribution in [0.25, 0.3) is 32.7 Å². The maximum atomic E-state index is 13.9. The quantitative estimate of drug-likeness (QED) is 0.173. The molecule has 0 saturated carbocycles. The summed E-state index contributed by atoms with van der Waals surface area (Å²) in [6.45, 7) is 3.64. The Labute approximate surface area is 280 Å². The minimum Gasteiger partial charge on any atom is -0.351 e. The third-order valence-corrected chi connectivity index (χ3v) is 10.4. The molecule has 9 rings (SSSR count). The lowest BCUT2D eigenvalue weighted by Crippen LogP contribution is -2.29. The molecular formula is C37H34N8O4. The van der Waals surface area contributed by atoms with Crippen LogP contribution in [0.2, 0.25) is 0 Å². The van der Waals surface area contributed by atoms with Crippen LogP contribution in [0.1, 0.15) is 61.5 Å². The Hall–Kier alpha value is -5.88. The van der Waals surface area contributed by atoms with Gasteiger partial charge in [-0.15, -0.1) is 0 Å². The number of fused-ring (bicyclic) bond motifs is 9. The van der Waals surface area contributed by atoms with Crippen LogP contribution in [-0.2, 0) is 24.1 Å². The van der Waals surface area contributed by atoms with Gasteiger partial charge in [-0.25, -0.2) is 0 Å². The van der Waals surface area contributed by atoms with Gasteiger partial charge < -0.3 is 40.7 Å². The maximum absolute atomic E-state index is 13.9. The van der Waals surface area contributed by atoms with Crippen LogP contribution in [0, 0.1) is 0 Å². The van der Waals surface area contributed by atoms with Gasteiger partial charge in [0, 0.05) is 75.8 Å². The van der Waals surface area contributed by atoms with Crippen molar-refractivity contribution in [1.82, 2.24) is 20.3 Å². The summed E-state index contributed by atoms with van der Waals surface area (Å²) in [6.07, 6.45) is 2.56. The maximum Gasteiger partial charge on any atom is 0.274 e. The fourth-order valence-corrected chi connectivity index (χ4v) is 8.04. The highest BCUT2D eigenvalue weighted by atomic mass is 16.2. The van der Waals surface area contributed by atoms with Crippen LogP contribution < -0.4 is 25.8 Å². The number of aromatic nitrogens is 3. The molecule has 0 aliphatic carbocycles. The molecule has 0 radical (unpaired) electrons. The van der Waals surface area contributed by atoms with Gasteiger partial charge in [0.1, 0.15) is 17.1 Å². The summed E-state index contributed by atoms with van der Waals surface area (Å²) < 4.78 is 0. The summed E-state index contributed by atoms with van der Waals surface area (Å²) in [4.78, 5) is 67.9. The second-order valence-corrected chi connectivity index (χ2v) is 12.9. The number of hydrogen-bond acceptors (Lipinski definition) is 5. The van der Waals surface area contributed by atoms with Gasteiger partial charge in [-0.3, -0.25) is 19.2 Å². The zero-order valence-electron chi connectivity index (χ0n) is 26.9. The highest BCUT2D eigenvalue weighted by Gasteiger charge is 2.32. The Balaban J connectivity index is 0.994. The number of aromatic amines is 3. The first-order valence-corrected chi connectivity index (χ1v) is 16.7. The zero-order chi connectivity index (χ0) is 33.6. The van der Waals surface area contributed by atoms with Crippen molar-refractivity contribution in [3.05, 3.63) is 88.4 Å². The Morgan fingerprint density at radius 1 is 0.633 bits per heavy atom. The minimum absolute atomic E-state index is 0.0469. The van der Waals surface area contributed by atoms with Crippen molar-refractivity contribution >= 4 is 73.4 Å². The molecule has 0 fully saturated rings. The molecule has 12 nitrogen and oxygen atoms in total. The molecule has 4 amide bonds. The van der Waals surface area contributed by atoms with E-state index in [0.29, 0.717) is 56.0 Å². The van der Waals surface area contributed by atoms with E-state index in [4.69, 9.17) is 5.73 Å². The second-order valence-electron chi connectivity index (χ2n) is 12.9. The van der Waals surface area contributed by atoms with Crippen LogP contribution in [-0.4, -0.2) is 64.9 Å². The van der Waals surface area contributed by atoms with Gasteiger partial charge in [-0.2, -0.15) is 0 Å². The number of carbonyl (C=O) groups is 4. The lowest BCUT2D eigenvalue weighted by Gasteiger charge is -2.16. The van der Waals surface area contributed by atoms with Crippen molar-refractivity contribution in [2.45, 2.75) is 32.6 Å². The Bertz CT molecular complexity index is 2420. The molecule has 6 aromatic rings. The molecule has 49 heavy (non-hydrogen) atoms. The van der Waals surface area contributed by atoms with Gasteiger partial charge in [-0.05, 0) is 90.6 Å². The summed E-state index contributed by atoms with van der Waals surface area (Å²) in [5.74, 6) is -0.406. The number of amides is 4. The third kappa shape index (κ3) is 4.33. The number of anilines is 3. The standard InChI is InChI=1S/C37H34N8O4/c1-2-34(46)43-12-9-19-23-16-29(41-26(23)3-6-31(19)43)36(48)45-14-11-21-24-17-30(42-27(24)5-8-33(21)45)37(49)44-13-10-20-22-15-28(35(47)39-18-38)40-25(22)4-7-32(20)44/h3-8,15-17,40-42H,2,9-14,18,38H2,1H3,(H,39,47). The predicted molar refractivity (Wildman–Crippen MR) is 189 cm³/mol. The third-order valence-electron chi connectivity index (χ3n) is 10.4. The predicted octanol–water partition coefficient (Wildman–Crippen LogP) is 4.48. The van der Waals surface area contributed by atoms with E-state index in [1.54, 1.807) is 4.90 Å². The van der Waals surface area contributed by atoms with Crippen molar-refractivity contribution in [3.8, 4) is 0 Å². The fraction of sp³-hybridized carbons (Fsp3) is 0.243. The monoisotopic (exact) mass is 654 g/mol. The second kappa shape index (κ2) is 10.8. The van der Waals surface area contributed by atoms with E-state index in [0.717, 1.165) is 72.9 Å². The van der Waals surface area contributed by atoms with Crippen LogP contribution in [0.15, 0.2) is 54.6 Å². The van der Waals surface area contributed by atoms with Gasteiger partial charge in [0.2, 0.25) is 5.91 Å². The largest absolute Gasteiger partial charge is 0.351 e. The molecule has 246 valence electrons. The van der Waals surface area contributed by atoms with Crippen molar-refractivity contribution in [1.29, 1.82) is 0 Å². The highest BCUT2D eigenvalue weighted by molar-refractivity contribution is 6.13. The lowest BCUT2D eigenvalue weighted by molar-refractivity contribution is -0.118. The molecular weight excluding hydrogens is 620 g/mol. The van der Waals surface area contributed by atoms with Gasteiger partial charge in [0.25, 0.3) is 17.7 Å². The van der Waals surface area contributed by atoms with Gasteiger partial charge >= 0.3 is 0 Å². The molecule has 3 aromatic carbocycles. The SMILES string of the molecule is CCC(=O)N1CCc2c1ccc1[nH]c(C(=O)N3CCc4c3ccc3[nH]c(C(=O)N5CCc6c5ccc5[nH]c(C(=O)NCN)cc65)cc43)cc21.